The number of ether oxygens (including phenoxy) is 2. The smallest absolute Gasteiger partial charge is 0.313 e. The number of benzene rings is 1. The summed E-state index contributed by atoms with van der Waals surface area (Å²) in [6, 6.07) is 7.62. The number of carbonyl (C=O) groups excluding carboxylic acids is 4. The van der Waals surface area contributed by atoms with E-state index < -0.39 is 47.7 Å². The van der Waals surface area contributed by atoms with Gasteiger partial charge in [0.15, 0.2) is 0 Å². The largest absolute Gasteiger partial charge is 0.455 e. The number of nitrogens with zero attached hydrogens (tertiary/aromatic N) is 2. The van der Waals surface area contributed by atoms with E-state index >= 15 is 0 Å². The quantitative estimate of drug-likeness (QED) is 0.217. The topological polar surface area (TPSA) is 125 Å². The second-order valence-electron chi connectivity index (χ2n) is 13.8. The van der Waals surface area contributed by atoms with Crippen LogP contribution in [-0.4, -0.2) is 88.1 Å². The highest BCUT2D eigenvalue weighted by molar-refractivity contribution is 5.98. The van der Waals surface area contributed by atoms with Crippen molar-refractivity contribution >= 4 is 23.7 Å². The number of likely N-dealkylation sites (tertiary alicyclic amines) is 1. The Morgan fingerprint density at radius 1 is 1.13 bits per heavy atom. The predicted molar refractivity (Wildman–Crippen MR) is 177 cm³/mol. The van der Waals surface area contributed by atoms with E-state index in [4.69, 9.17) is 9.47 Å². The first-order chi connectivity index (χ1) is 22.7. The van der Waals surface area contributed by atoms with Crippen molar-refractivity contribution in [3.8, 4) is 0 Å². The highest BCUT2D eigenvalue weighted by Gasteiger charge is 2.76. The lowest BCUT2D eigenvalue weighted by Crippen LogP contribution is -2.61. The predicted octanol–water partition coefficient (Wildman–Crippen LogP) is 4.09. The average molecular weight is 650 g/mol. The second kappa shape index (κ2) is 15.2. The molecule has 2 bridgehead atoms. The SMILES string of the molecule is C=CCCC(=O)NC[C@@H](OC(=O)[C@@H]1[C@@H]2CC[C@]3(O2)[C@H](C(=O)N(CC=C)C2CCCCC2)N([C@@H](CO)C(C)C)C(=O)[C@@H]13)c1ccccc1. The Balaban J connectivity index is 1.47. The van der Waals surface area contributed by atoms with Gasteiger partial charge in [0.2, 0.25) is 17.7 Å². The second-order valence-corrected chi connectivity index (χ2v) is 13.8. The summed E-state index contributed by atoms with van der Waals surface area (Å²) in [6.45, 7) is 11.5. The van der Waals surface area contributed by atoms with E-state index in [2.05, 4.69) is 18.5 Å². The zero-order valence-corrected chi connectivity index (χ0v) is 27.9. The van der Waals surface area contributed by atoms with Crippen LogP contribution >= 0.6 is 0 Å². The average Bonchev–Trinajstić information content (AvgIpc) is 3.72. The number of fused-ring (bicyclic) bond motifs is 1. The van der Waals surface area contributed by atoms with Gasteiger partial charge in [0.05, 0.1) is 37.1 Å². The van der Waals surface area contributed by atoms with Gasteiger partial charge in [-0.1, -0.05) is 75.6 Å². The van der Waals surface area contributed by atoms with Gasteiger partial charge in [-0.3, -0.25) is 19.2 Å². The van der Waals surface area contributed by atoms with Crippen LogP contribution in [0.25, 0.3) is 0 Å². The van der Waals surface area contributed by atoms with E-state index in [1.165, 1.54) is 0 Å². The fourth-order valence-electron chi connectivity index (χ4n) is 8.37. The third kappa shape index (κ3) is 6.77. The van der Waals surface area contributed by atoms with Crippen LogP contribution in [0.3, 0.4) is 0 Å². The first-order valence-corrected chi connectivity index (χ1v) is 17.3. The van der Waals surface area contributed by atoms with Gasteiger partial charge in [-0.25, -0.2) is 0 Å². The number of aliphatic hydroxyl groups excluding tert-OH is 1. The van der Waals surface area contributed by atoms with Crippen LogP contribution in [0.2, 0.25) is 0 Å². The molecule has 0 radical (unpaired) electrons. The Morgan fingerprint density at radius 3 is 2.49 bits per heavy atom. The lowest BCUT2D eigenvalue weighted by molar-refractivity contribution is -0.161. The van der Waals surface area contributed by atoms with Crippen LogP contribution in [0.15, 0.2) is 55.6 Å². The third-order valence-electron chi connectivity index (χ3n) is 10.7. The molecule has 4 aliphatic rings. The summed E-state index contributed by atoms with van der Waals surface area (Å²) < 4.78 is 12.8. The molecule has 3 aliphatic heterocycles. The fourth-order valence-corrected chi connectivity index (χ4v) is 8.37. The number of aliphatic hydroxyl groups is 1. The fraction of sp³-hybridized carbons (Fsp3) is 0.622. The molecule has 256 valence electrons. The first-order valence-electron chi connectivity index (χ1n) is 17.3. The highest BCUT2D eigenvalue weighted by Crippen LogP contribution is 2.59. The number of allylic oxidation sites excluding steroid dienone is 1. The van der Waals surface area contributed by atoms with E-state index in [1.54, 1.807) is 17.1 Å². The number of esters is 1. The van der Waals surface area contributed by atoms with Crippen molar-refractivity contribution in [1.82, 2.24) is 15.1 Å². The Morgan fingerprint density at radius 2 is 1.85 bits per heavy atom. The summed E-state index contributed by atoms with van der Waals surface area (Å²) >= 11 is 0. The number of nitrogens with one attached hydrogen (secondary N) is 1. The van der Waals surface area contributed by atoms with Crippen molar-refractivity contribution in [2.75, 3.05) is 19.7 Å². The van der Waals surface area contributed by atoms with E-state index in [1.807, 2.05) is 49.1 Å². The van der Waals surface area contributed by atoms with Gasteiger partial charge < -0.3 is 29.7 Å². The van der Waals surface area contributed by atoms with Crippen LogP contribution in [0.4, 0.5) is 0 Å². The Kier molecular flexibility index (Phi) is 11.2. The molecule has 5 rings (SSSR count). The number of rotatable bonds is 15. The van der Waals surface area contributed by atoms with Crippen molar-refractivity contribution < 1.29 is 33.8 Å². The van der Waals surface area contributed by atoms with Crippen molar-refractivity contribution in [3.63, 3.8) is 0 Å². The molecule has 3 saturated heterocycles. The summed E-state index contributed by atoms with van der Waals surface area (Å²) in [6.07, 6.45) is 8.74. The number of amides is 3. The summed E-state index contributed by atoms with van der Waals surface area (Å²) in [5.74, 6) is -3.32. The normalized spacial score (nSPS) is 28.1. The molecule has 3 amide bonds. The van der Waals surface area contributed by atoms with Crippen LogP contribution < -0.4 is 5.32 Å². The van der Waals surface area contributed by atoms with E-state index in [9.17, 15) is 24.3 Å². The molecule has 47 heavy (non-hydrogen) atoms. The Hall–Kier alpha value is -3.50. The minimum absolute atomic E-state index is 0.0287. The monoisotopic (exact) mass is 649 g/mol. The van der Waals surface area contributed by atoms with E-state index in [-0.39, 0.29) is 49.3 Å². The number of hydrogen-bond donors (Lipinski definition) is 2. The van der Waals surface area contributed by atoms with Crippen molar-refractivity contribution in [2.45, 2.75) is 108 Å². The summed E-state index contributed by atoms with van der Waals surface area (Å²) in [5, 5.41) is 13.4. The maximum atomic E-state index is 14.8. The van der Waals surface area contributed by atoms with Crippen LogP contribution in [0.1, 0.15) is 83.3 Å². The minimum Gasteiger partial charge on any atom is -0.455 e. The zero-order chi connectivity index (χ0) is 33.7. The van der Waals surface area contributed by atoms with E-state index in [0.717, 1.165) is 32.1 Å². The Labute approximate surface area is 278 Å². The standard InChI is InChI=1S/C37H51N3O7/c1-5-7-18-30(42)38-22-29(25-14-10-8-11-15-25)46-36(45)31-28-19-20-37(47-28)32(31)34(43)40(27(23-41)24(3)4)33(37)35(44)39(21-6-2)26-16-12-9-13-17-26/h5-6,8,10-11,14-15,24,26-29,31-33,41H,1-2,7,9,12-13,16-23H2,3-4H3,(H,38,42)/t27-,28-,29+,31+,32+,33-,37+/m0/s1. The molecular formula is C37H51N3O7. The van der Waals surface area contributed by atoms with Crippen molar-refractivity contribution in [1.29, 1.82) is 0 Å². The maximum Gasteiger partial charge on any atom is 0.313 e. The van der Waals surface area contributed by atoms with Crippen molar-refractivity contribution in [3.05, 3.63) is 61.2 Å². The van der Waals surface area contributed by atoms with Crippen LogP contribution in [-0.2, 0) is 28.7 Å². The molecule has 7 atom stereocenters. The van der Waals surface area contributed by atoms with Gasteiger partial charge in [0.1, 0.15) is 17.7 Å². The Bertz CT molecular complexity index is 1310. The minimum atomic E-state index is -1.21. The van der Waals surface area contributed by atoms with Gasteiger partial charge in [-0.15, -0.1) is 13.2 Å². The van der Waals surface area contributed by atoms with Crippen LogP contribution in [0.5, 0.6) is 0 Å². The highest BCUT2D eigenvalue weighted by atomic mass is 16.6. The molecule has 1 aromatic rings. The maximum absolute atomic E-state index is 14.8. The summed E-state index contributed by atoms with van der Waals surface area (Å²) in [5.41, 5.74) is -0.496. The van der Waals surface area contributed by atoms with Gasteiger partial charge in [-0.05, 0) is 43.6 Å². The zero-order valence-electron chi connectivity index (χ0n) is 27.9. The summed E-state index contributed by atoms with van der Waals surface area (Å²) in [4.78, 5) is 59.4. The molecule has 1 spiro atoms. The molecule has 10 nitrogen and oxygen atoms in total. The molecule has 0 aromatic heterocycles. The van der Waals surface area contributed by atoms with Gasteiger partial charge in [0, 0.05) is 19.0 Å². The first kappa shape index (κ1) is 34.8. The van der Waals surface area contributed by atoms with Crippen LogP contribution in [0, 0.1) is 17.8 Å². The summed E-state index contributed by atoms with van der Waals surface area (Å²) in [7, 11) is 0. The van der Waals surface area contributed by atoms with Crippen molar-refractivity contribution in [2.24, 2.45) is 17.8 Å². The van der Waals surface area contributed by atoms with Gasteiger partial charge in [-0.2, -0.15) is 0 Å². The molecule has 0 unspecified atom stereocenters. The van der Waals surface area contributed by atoms with Gasteiger partial charge in [0.25, 0.3) is 0 Å². The van der Waals surface area contributed by atoms with E-state index in [0.29, 0.717) is 31.4 Å². The molecule has 2 N–H and O–H groups in total. The number of carbonyl (C=O) groups is 4. The molecule has 1 aromatic carbocycles. The molecular weight excluding hydrogens is 598 g/mol. The van der Waals surface area contributed by atoms with Gasteiger partial charge >= 0.3 is 5.97 Å². The lowest BCUT2D eigenvalue weighted by Gasteiger charge is -2.43. The molecule has 1 saturated carbocycles. The molecule has 3 heterocycles. The number of hydrogen-bond acceptors (Lipinski definition) is 7. The third-order valence-corrected chi connectivity index (χ3v) is 10.7. The molecule has 10 heteroatoms. The lowest BCUT2D eigenvalue weighted by atomic mass is 9.70. The molecule has 4 fully saturated rings. The molecule has 1 aliphatic carbocycles.